The molecule has 5 nitrogen and oxygen atoms in total. The molecule has 1 aliphatic heterocycles. The minimum Gasteiger partial charge on any atom is -0.361 e. The molecule has 0 saturated carbocycles. The molecule has 5 heteroatoms. The van der Waals surface area contributed by atoms with Crippen LogP contribution in [-0.2, 0) is 20.6 Å². The zero-order chi connectivity index (χ0) is 19.3. The third-order valence-electron chi connectivity index (χ3n) is 6.40. The summed E-state index contributed by atoms with van der Waals surface area (Å²) in [5.74, 6) is 0.633. The maximum atomic E-state index is 12.1. The Kier molecular flexibility index (Phi) is 4.13. The first kappa shape index (κ1) is 17.3. The Bertz CT molecular complexity index is 1200. The lowest BCUT2D eigenvalue weighted by molar-refractivity contribution is 0.205. The third-order valence-corrected chi connectivity index (χ3v) is 6.40. The molecule has 1 saturated heterocycles. The van der Waals surface area contributed by atoms with E-state index in [1.807, 2.05) is 20.3 Å². The Labute approximate surface area is 164 Å². The number of likely N-dealkylation sites (tertiary alicyclic amines) is 1. The summed E-state index contributed by atoms with van der Waals surface area (Å²) in [7, 11) is 3.68. The molecular weight excluding hydrogens is 348 g/mol. The summed E-state index contributed by atoms with van der Waals surface area (Å²) in [4.78, 5) is 18.0. The zero-order valence-electron chi connectivity index (χ0n) is 16.5. The van der Waals surface area contributed by atoms with E-state index in [1.54, 1.807) is 9.13 Å². The van der Waals surface area contributed by atoms with Gasteiger partial charge in [0.1, 0.15) is 0 Å². The van der Waals surface area contributed by atoms with E-state index < -0.39 is 0 Å². The van der Waals surface area contributed by atoms with Crippen molar-refractivity contribution in [2.45, 2.75) is 25.3 Å². The smallest absolute Gasteiger partial charge is 0.328 e. The Hall–Kier alpha value is -2.79. The highest BCUT2D eigenvalue weighted by molar-refractivity contribution is 5.83. The van der Waals surface area contributed by atoms with E-state index in [0.717, 1.165) is 30.7 Å². The average Bonchev–Trinajstić information content (AvgIpc) is 3.28. The van der Waals surface area contributed by atoms with Gasteiger partial charge in [0.25, 0.3) is 0 Å². The number of imidazole rings is 1. The number of aromatic amines is 1. The van der Waals surface area contributed by atoms with Crippen molar-refractivity contribution in [2.24, 2.45) is 14.1 Å². The van der Waals surface area contributed by atoms with Crippen LogP contribution < -0.4 is 5.69 Å². The monoisotopic (exact) mass is 374 g/mol. The first-order valence-corrected chi connectivity index (χ1v) is 10.0. The van der Waals surface area contributed by atoms with Crippen LogP contribution in [0.2, 0.25) is 0 Å². The van der Waals surface area contributed by atoms with Crippen LogP contribution in [-0.4, -0.2) is 32.1 Å². The van der Waals surface area contributed by atoms with Crippen molar-refractivity contribution < 1.29 is 0 Å². The number of hydrogen-bond acceptors (Lipinski definition) is 2. The van der Waals surface area contributed by atoms with Crippen molar-refractivity contribution in [3.63, 3.8) is 0 Å². The molecule has 2 aromatic heterocycles. The molecule has 0 aliphatic carbocycles. The largest absolute Gasteiger partial charge is 0.361 e. The lowest BCUT2D eigenvalue weighted by atomic mass is 9.87. The number of fused-ring (bicyclic) bond motifs is 2. The molecule has 2 aromatic carbocycles. The average molecular weight is 374 g/mol. The fourth-order valence-electron chi connectivity index (χ4n) is 4.78. The fraction of sp³-hybridized carbons (Fsp3) is 0.348. The van der Waals surface area contributed by atoms with Crippen LogP contribution in [0.15, 0.2) is 53.5 Å². The summed E-state index contributed by atoms with van der Waals surface area (Å²) >= 11 is 0. The van der Waals surface area contributed by atoms with E-state index >= 15 is 0 Å². The van der Waals surface area contributed by atoms with Crippen molar-refractivity contribution in [2.75, 3.05) is 13.1 Å². The van der Waals surface area contributed by atoms with Gasteiger partial charge in [0.15, 0.2) is 0 Å². The number of nitrogens with one attached hydrogen (secondary N) is 1. The van der Waals surface area contributed by atoms with E-state index in [0.29, 0.717) is 5.92 Å². The van der Waals surface area contributed by atoms with E-state index in [-0.39, 0.29) is 5.69 Å². The summed E-state index contributed by atoms with van der Waals surface area (Å²) in [5, 5.41) is 1.37. The molecule has 0 bridgehead atoms. The van der Waals surface area contributed by atoms with Gasteiger partial charge in [0.2, 0.25) is 0 Å². The minimum atomic E-state index is 0.0342. The first-order chi connectivity index (χ1) is 13.6. The molecule has 28 heavy (non-hydrogen) atoms. The standard InChI is InChI=1S/C23H26N4O/c1-25-21-7-6-16(14-22(21)26(2)23(25)28)15-27-12-9-17(10-13-27)18-4-3-5-20-19(18)8-11-24-20/h3-8,11,14,17,24H,9-10,12-13,15H2,1-2H3. The van der Waals surface area contributed by atoms with Gasteiger partial charge in [-0.1, -0.05) is 18.2 Å². The molecule has 1 N–H and O–H groups in total. The molecule has 4 aromatic rings. The van der Waals surface area contributed by atoms with Gasteiger partial charge in [0, 0.05) is 37.7 Å². The van der Waals surface area contributed by atoms with E-state index in [2.05, 4.69) is 52.3 Å². The van der Waals surface area contributed by atoms with E-state index in [1.165, 1.54) is 34.9 Å². The predicted molar refractivity (Wildman–Crippen MR) is 114 cm³/mol. The third kappa shape index (κ3) is 2.78. The van der Waals surface area contributed by atoms with Gasteiger partial charge in [0.05, 0.1) is 11.0 Å². The summed E-state index contributed by atoms with van der Waals surface area (Å²) in [6.45, 7) is 3.16. The van der Waals surface area contributed by atoms with Crippen molar-refractivity contribution in [1.82, 2.24) is 19.0 Å². The van der Waals surface area contributed by atoms with E-state index in [9.17, 15) is 4.79 Å². The van der Waals surface area contributed by atoms with Crippen LogP contribution in [0.5, 0.6) is 0 Å². The lowest BCUT2D eigenvalue weighted by Crippen LogP contribution is -2.32. The highest BCUT2D eigenvalue weighted by Gasteiger charge is 2.22. The number of hydrogen-bond donors (Lipinski definition) is 1. The molecule has 0 amide bonds. The summed E-state index contributed by atoms with van der Waals surface area (Å²) in [6, 6.07) is 15.2. The number of aromatic nitrogens is 3. The van der Waals surface area contributed by atoms with Crippen LogP contribution in [0.25, 0.3) is 21.9 Å². The summed E-state index contributed by atoms with van der Waals surface area (Å²) in [6.07, 6.45) is 4.42. The van der Waals surface area contributed by atoms with Crippen LogP contribution >= 0.6 is 0 Å². The van der Waals surface area contributed by atoms with Crippen molar-refractivity contribution in [1.29, 1.82) is 0 Å². The summed E-state index contributed by atoms with van der Waals surface area (Å²) < 4.78 is 3.45. The molecule has 144 valence electrons. The maximum Gasteiger partial charge on any atom is 0.328 e. The molecular formula is C23H26N4O. The second kappa shape index (κ2) is 6.67. The molecule has 5 rings (SSSR count). The van der Waals surface area contributed by atoms with Gasteiger partial charge < -0.3 is 4.98 Å². The fourth-order valence-corrected chi connectivity index (χ4v) is 4.78. The SMILES string of the molecule is Cn1c(=O)n(C)c2cc(CN3CCC(c4cccc5[nH]ccc45)CC3)ccc21. The number of piperidine rings is 1. The highest BCUT2D eigenvalue weighted by atomic mass is 16.1. The molecule has 0 radical (unpaired) electrons. The topological polar surface area (TPSA) is 46.0 Å². The normalized spacial score (nSPS) is 16.4. The van der Waals surface area contributed by atoms with Crippen LogP contribution in [0, 0.1) is 0 Å². The van der Waals surface area contributed by atoms with Crippen LogP contribution in [0.3, 0.4) is 0 Å². The second-order valence-corrected chi connectivity index (χ2v) is 8.06. The van der Waals surface area contributed by atoms with Gasteiger partial charge in [-0.25, -0.2) is 4.79 Å². The quantitative estimate of drug-likeness (QED) is 0.594. The van der Waals surface area contributed by atoms with E-state index in [4.69, 9.17) is 0 Å². The Balaban J connectivity index is 1.31. The van der Waals surface area contributed by atoms with Crippen molar-refractivity contribution in [3.05, 3.63) is 70.3 Å². The second-order valence-electron chi connectivity index (χ2n) is 8.06. The Morgan fingerprint density at radius 2 is 1.79 bits per heavy atom. The Morgan fingerprint density at radius 3 is 2.61 bits per heavy atom. The number of rotatable bonds is 3. The van der Waals surface area contributed by atoms with Crippen molar-refractivity contribution in [3.8, 4) is 0 Å². The molecule has 0 atom stereocenters. The Morgan fingerprint density at radius 1 is 1.00 bits per heavy atom. The molecule has 0 spiro atoms. The molecule has 1 fully saturated rings. The predicted octanol–water partition coefficient (Wildman–Crippen LogP) is 3.74. The van der Waals surface area contributed by atoms with Gasteiger partial charge in [-0.2, -0.15) is 0 Å². The maximum absolute atomic E-state index is 12.1. The first-order valence-electron chi connectivity index (χ1n) is 10.0. The van der Waals surface area contributed by atoms with Crippen LogP contribution in [0.1, 0.15) is 29.9 Å². The summed E-state index contributed by atoms with van der Waals surface area (Å²) in [5.41, 5.74) is 6.04. The lowest BCUT2D eigenvalue weighted by Gasteiger charge is -2.32. The molecule has 3 heterocycles. The number of nitrogens with zero attached hydrogens (tertiary/aromatic N) is 3. The zero-order valence-corrected chi connectivity index (χ0v) is 16.5. The number of aryl methyl sites for hydroxylation is 2. The minimum absolute atomic E-state index is 0.0342. The molecule has 1 aliphatic rings. The van der Waals surface area contributed by atoms with Gasteiger partial charge in [-0.05, 0) is 67.2 Å². The highest BCUT2D eigenvalue weighted by Crippen LogP contribution is 2.33. The number of benzene rings is 2. The van der Waals surface area contributed by atoms with Gasteiger partial charge in [-0.3, -0.25) is 14.0 Å². The molecule has 0 unspecified atom stereocenters. The van der Waals surface area contributed by atoms with Gasteiger partial charge >= 0.3 is 5.69 Å². The van der Waals surface area contributed by atoms with Crippen molar-refractivity contribution >= 4 is 21.9 Å². The van der Waals surface area contributed by atoms with Crippen LogP contribution in [0.4, 0.5) is 0 Å². The van der Waals surface area contributed by atoms with Gasteiger partial charge in [-0.15, -0.1) is 0 Å². The number of H-pyrrole nitrogens is 1.